The summed E-state index contributed by atoms with van der Waals surface area (Å²) < 4.78 is 29.2. The highest BCUT2D eigenvalue weighted by molar-refractivity contribution is 8.27. The molecule has 3 aromatic rings. The lowest BCUT2D eigenvalue weighted by atomic mass is 10.1. The lowest BCUT2D eigenvalue weighted by molar-refractivity contribution is -0.107. The van der Waals surface area contributed by atoms with Crippen LogP contribution < -0.4 is 5.32 Å². The number of hydrogen-bond donors (Lipinski definition) is 1. The summed E-state index contributed by atoms with van der Waals surface area (Å²) >= 11 is 0.623. The molecular formula is C19H12F2N2O2S. The van der Waals surface area contributed by atoms with Gasteiger partial charge in [0.25, 0.3) is 5.24 Å². The Morgan fingerprint density at radius 2 is 1.88 bits per heavy atom. The molecule has 2 aromatic carbocycles. The number of carbonyl (C=O) groups excluding carboxylic acids is 2. The lowest BCUT2D eigenvalue weighted by Crippen LogP contribution is -2.10. The zero-order valence-corrected chi connectivity index (χ0v) is 14.1. The van der Waals surface area contributed by atoms with Crippen LogP contribution in [0.25, 0.3) is 17.0 Å². The number of amides is 1. The average Bonchev–Trinajstić information content (AvgIpc) is 3.16. The van der Waals surface area contributed by atoms with E-state index in [-0.39, 0.29) is 22.9 Å². The first kappa shape index (κ1) is 16.5. The minimum atomic E-state index is -0.877. The van der Waals surface area contributed by atoms with Crippen molar-refractivity contribution < 1.29 is 18.4 Å². The van der Waals surface area contributed by atoms with Crippen LogP contribution in [-0.4, -0.2) is 14.9 Å². The first-order chi connectivity index (χ1) is 12.5. The van der Waals surface area contributed by atoms with Gasteiger partial charge in [0.2, 0.25) is 5.12 Å². The van der Waals surface area contributed by atoms with Gasteiger partial charge in [0.1, 0.15) is 0 Å². The molecule has 0 aliphatic carbocycles. The van der Waals surface area contributed by atoms with Gasteiger partial charge in [-0.15, -0.1) is 0 Å². The van der Waals surface area contributed by atoms with Gasteiger partial charge in [0.15, 0.2) is 11.6 Å². The van der Waals surface area contributed by atoms with E-state index < -0.39 is 16.9 Å². The largest absolute Gasteiger partial charge is 0.343 e. The van der Waals surface area contributed by atoms with Gasteiger partial charge in [-0.05, 0) is 29.8 Å². The Labute approximate surface area is 151 Å². The summed E-state index contributed by atoms with van der Waals surface area (Å²) in [6.07, 6.45) is 3.40. The number of hydrogen-bond acceptors (Lipinski definition) is 3. The molecule has 130 valence electrons. The van der Waals surface area contributed by atoms with E-state index in [1.807, 2.05) is 24.3 Å². The Hall–Kier alpha value is -2.93. The van der Waals surface area contributed by atoms with Crippen LogP contribution in [0, 0.1) is 11.6 Å². The molecule has 1 N–H and O–H groups in total. The summed E-state index contributed by atoms with van der Waals surface area (Å²) in [4.78, 5) is 23.1. The maximum absolute atomic E-state index is 13.9. The van der Waals surface area contributed by atoms with Crippen molar-refractivity contribution in [1.29, 1.82) is 0 Å². The van der Waals surface area contributed by atoms with Crippen LogP contribution in [0.4, 0.5) is 13.6 Å². The number of halogens is 2. The number of nitrogens with one attached hydrogen (secondary N) is 1. The van der Waals surface area contributed by atoms with Crippen LogP contribution >= 0.6 is 11.8 Å². The fourth-order valence-corrected chi connectivity index (χ4v) is 3.49. The van der Waals surface area contributed by atoms with E-state index in [9.17, 15) is 18.4 Å². The standard InChI is InChI=1S/C19H12F2N2O2S/c20-14-5-1-4-12(17(14)21)10-23-8-7-13-11(3-2-6-16(13)23)9-15-18(24)26-19(25)22-15/h1-9H,10H2,(H,22,25). The van der Waals surface area contributed by atoms with Crippen LogP contribution in [0.5, 0.6) is 0 Å². The van der Waals surface area contributed by atoms with Crippen molar-refractivity contribution in [2.45, 2.75) is 6.54 Å². The number of fused-ring (bicyclic) bond motifs is 1. The summed E-state index contributed by atoms with van der Waals surface area (Å²) in [5, 5.41) is 2.64. The molecule has 4 nitrogen and oxygen atoms in total. The van der Waals surface area contributed by atoms with E-state index in [4.69, 9.17) is 0 Å². The lowest BCUT2D eigenvalue weighted by Gasteiger charge is -2.08. The van der Waals surface area contributed by atoms with Crippen LogP contribution in [0.1, 0.15) is 11.1 Å². The Morgan fingerprint density at radius 1 is 1.08 bits per heavy atom. The molecule has 2 heterocycles. The number of aromatic nitrogens is 1. The third-order valence-corrected chi connectivity index (χ3v) is 4.85. The number of thioether (sulfide) groups is 1. The summed E-state index contributed by atoms with van der Waals surface area (Å²) in [6.45, 7) is 0.179. The summed E-state index contributed by atoms with van der Waals surface area (Å²) in [6, 6.07) is 11.4. The second-order valence-electron chi connectivity index (χ2n) is 5.80. The van der Waals surface area contributed by atoms with E-state index in [2.05, 4.69) is 5.32 Å². The highest BCUT2D eigenvalue weighted by Crippen LogP contribution is 2.26. The predicted octanol–water partition coefficient (Wildman–Crippen LogP) is 4.29. The quantitative estimate of drug-likeness (QED) is 0.700. The predicted molar refractivity (Wildman–Crippen MR) is 96.5 cm³/mol. The third-order valence-electron chi connectivity index (χ3n) is 4.16. The Morgan fingerprint density at radius 3 is 2.65 bits per heavy atom. The molecular weight excluding hydrogens is 358 g/mol. The number of nitrogens with zero attached hydrogens (tertiary/aromatic N) is 1. The maximum atomic E-state index is 13.9. The zero-order valence-electron chi connectivity index (χ0n) is 13.3. The van der Waals surface area contributed by atoms with Gasteiger partial charge in [0.05, 0.1) is 12.2 Å². The second-order valence-corrected chi connectivity index (χ2v) is 6.74. The topological polar surface area (TPSA) is 51.1 Å². The number of benzene rings is 2. The van der Waals surface area contributed by atoms with Gasteiger partial charge in [-0.3, -0.25) is 9.59 Å². The SMILES string of the molecule is O=C1NC(=Cc2cccc3c2ccn3Cc2cccc(F)c2F)C(=O)S1. The van der Waals surface area contributed by atoms with Crippen molar-refractivity contribution in [1.82, 2.24) is 9.88 Å². The van der Waals surface area contributed by atoms with Crippen molar-refractivity contribution in [2.24, 2.45) is 0 Å². The molecule has 0 saturated carbocycles. The molecule has 0 radical (unpaired) electrons. The highest BCUT2D eigenvalue weighted by Gasteiger charge is 2.25. The Kier molecular flexibility index (Phi) is 4.08. The fraction of sp³-hybridized carbons (Fsp3) is 0.0526. The van der Waals surface area contributed by atoms with Gasteiger partial charge in [-0.2, -0.15) is 0 Å². The molecule has 0 bridgehead atoms. The van der Waals surface area contributed by atoms with E-state index in [0.29, 0.717) is 11.8 Å². The zero-order chi connectivity index (χ0) is 18.3. The molecule has 0 unspecified atom stereocenters. The van der Waals surface area contributed by atoms with Gasteiger partial charge >= 0.3 is 0 Å². The van der Waals surface area contributed by atoms with E-state index in [1.165, 1.54) is 6.07 Å². The van der Waals surface area contributed by atoms with Gasteiger partial charge < -0.3 is 9.88 Å². The molecule has 0 atom stereocenters. The highest BCUT2D eigenvalue weighted by atomic mass is 32.2. The maximum Gasteiger partial charge on any atom is 0.291 e. The van der Waals surface area contributed by atoms with Crippen LogP contribution in [0.2, 0.25) is 0 Å². The fourth-order valence-electron chi connectivity index (χ4n) is 2.94. The monoisotopic (exact) mass is 370 g/mol. The summed E-state index contributed by atoms with van der Waals surface area (Å²) in [7, 11) is 0. The van der Waals surface area contributed by atoms with E-state index in [1.54, 1.807) is 22.9 Å². The second kappa shape index (κ2) is 6.42. The van der Waals surface area contributed by atoms with Crippen LogP contribution in [0.15, 0.2) is 54.4 Å². The molecule has 1 fully saturated rings. The smallest absolute Gasteiger partial charge is 0.291 e. The molecule has 4 rings (SSSR count). The third kappa shape index (κ3) is 2.90. The van der Waals surface area contributed by atoms with Crippen molar-refractivity contribution in [3.63, 3.8) is 0 Å². The summed E-state index contributed by atoms with van der Waals surface area (Å²) in [5.41, 5.74) is 2.05. The molecule has 7 heteroatoms. The Bertz CT molecular complexity index is 1090. The first-order valence-electron chi connectivity index (χ1n) is 7.78. The normalized spacial score (nSPS) is 15.8. The van der Waals surface area contributed by atoms with Gasteiger partial charge in [-0.25, -0.2) is 8.78 Å². The Balaban J connectivity index is 1.74. The van der Waals surface area contributed by atoms with Crippen LogP contribution in [0.3, 0.4) is 0 Å². The van der Waals surface area contributed by atoms with Crippen LogP contribution in [-0.2, 0) is 11.3 Å². The van der Waals surface area contributed by atoms with Crippen molar-refractivity contribution in [3.8, 4) is 0 Å². The molecule has 1 aliphatic heterocycles. The molecule has 0 spiro atoms. The minimum absolute atomic E-state index is 0.179. The van der Waals surface area contributed by atoms with Crippen molar-refractivity contribution in [2.75, 3.05) is 0 Å². The van der Waals surface area contributed by atoms with E-state index >= 15 is 0 Å². The van der Waals surface area contributed by atoms with Gasteiger partial charge in [0, 0.05) is 34.4 Å². The van der Waals surface area contributed by atoms with Gasteiger partial charge in [-0.1, -0.05) is 24.3 Å². The number of carbonyl (C=O) groups is 2. The molecule has 1 saturated heterocycles. The molecule has 1 aliphatic rings. The minimum Gasteiger partial charge on any atom is -0.343 e. The average molecular weight is 370 g/mol. The molecule has 26 heavy (non-hydrogen) atoms. The van der Waals surface area contributed by atoms with Crippen molar-refractivity contribution in [3.05, 3.63) is 77.1 Å². The molecule has 1 amide bonds. The number of rotatable bonds is 3. The molecule has 1 aromatic heterocycles. The first-order valence-corrected chi connectivity index (χ1v) is 8.60. The van der Waals surface area contributed by atoms with E-state index in [0.717, 1.165) is 22.5 Å². The summed E-state index contributed by atoms with van der Waals surface area (Å²) in [5.74, 6) is -1.73. The van der Waals surface area contributed by atoms with Crippen molar-refractivity contribution >= 4 is 39.1 Å².